The van der Waals surface area contributed by atoms with E-state index < -0.39 is 5.60 Å². The summed E-state index contributed by atoms with van der Waals surface area (Å²) in [7, 11) is 0. The number of para-hydroxylation sites is 2. The minimum Gasteiger partial charge on any atom is -0.492 e. The van der Waals surface area contributed by atoms with Crippen LogP contribution >= 0.6 is 0 Å². The van der Waals surface area contributed by atoms with E-state index in [1.54, 1.807) is 0 Å². The molecule has 0 radical (unpaired) electrons. The highest BCUT2D eigenvalue weighted by Crippen LogP contribution is 2.51. The molecule has 4 rings (SSSR count). The van der Waals surface area contributed by atoms with Gasteiger partial charge in [0.25, 0.3) is 0 Å². The van der Waals surface area contributed by atoms with Crippen LogP contribution in [0.25, 0.3) is 0 Å². The van der Waals surface area contributed by atoms with E-state index in [1.165, 1.54) is 12.6 Å². The molecule has 1 aromatic carbocycles. The van der Waals surface area contributed by atoms with Gasteiger partial charge in [0.1, 0.15) is 11.9 Å². The Kier molecular flexibility index (Phi) is 8.12. The van der Waals surface area contributed by atoms with Crippen LogP contribution in [0.4, 0.5) is 5.69 Å². The largest absolute Gasteiger partial charge is 0.492 e. The molecule has 2 aliphatic carbocycles. The van der Waals surface area contributed by atoms with Crippen LogP contribution in [-0.2, 0) is 9.53 Å². The summed E-state index contributed by atoms with van der Waals surface area (Å²) in [5, 5.41) is 11.8. The van der Waals surface area contributed by atoms with Gasteiger partial charge < -0.3 is 19.5 Å². The fourth-order valence-electron chi connectivity index (χ4n) is 6.71. The summed E-state index contributed by atoms with van der Waals surface area (Å²) in [5.41, 5.74) is 1.47. The summed E-state index contributed by atoms with van der Waals surface area (Å²) in [6, 6.07) is 8.34. The van der Waals surface area contributed by atoms with Gasteiger partial charge in [0.2, 0.25) is 0 Å². The zero-order chi connectivity index (χ0) is 25.2. The monoisotopic (exact) mass is 484 g/mol. The first-order valence-corrected chi connectivity index (χ1v) is 13.5. The van der Waals surface area contributed by atoms with Crippen molar-refractivity contribution in [3.05, 3.63) is 35.9 Å². The average Bonchev–Trinajstić information content (AvgIpc) is 2.82. The van der Waals surface area contributed by atoms with Crippen LogP contribution in [0.2, 0.25) is 0 Å². The van der Waals surface area contributed by atoms with E-state index in [2.05, 4.69) is 47.9 Å². The molecule has 0 amide bonds. The molecule has 6 heteroatoms. The van der Waals surface area contributed by atoms with E-state index in [0.717, 1.165) is 56.9 Å². The zero-order valence-electron chi connectivity index (χ0n) is 22.2. The lowest BCUT2D eigenvalue weighted by atomic mass is 9.57. The number of ether oxygens (including phenoxy) is 2. The Hall–Kier alpha value is -2.05. The van der Waals surface area contributed by atoms with Crippen molar-refractivity contribution in [3.8, 4) is 5.75 Å². The lowest BCUT2D eigenvalue weighted by molar-refractivity contribution is -0.159. The number of hydrogen-bond donors (Lipinski definition) is 1. The zero-order valence-corrected chi connectivity index (χ0v) is 22.2. The molecule has 1 aromatic rings. The molecule has 0 aromatic heterocycles. The quantitative estimate of drug-likeness (QED) is 0.454. The van der Waals surface area contributed by atoms with Gasteiger partial charge in [-0.3, -0.25) is 9.69 Å². The van der Waals surface area contributed by atoms with E-state index in [9.17, 15) is 9.90 Å². The molecule has 35 heavy (non-hydrogen) atoms. The Morgan fingerprint density at radius 1 is 1.20 bits per heavy atom. The summed E-state index contributed by atoms with van der Waals surface area (Å²) < 4.78 is 11.4. The molecule has 1 aliphatic heterocycles. The molecule has 0 spiro atoms. The number of nitrogens with zero attached hydrogens (tertiary/aromatic N) is 2. The van der Waals surface area contributed by atoms with Gasteiger partial charge in [-0.15, -0.1) is 0 Å². The highest BCUT2D eigenvalue weighted by molar-refractivity contribution is 5.66. The SMILES string of the molecule is CCOc1ccccc1N1CCN(CC(C)[C@@H]2CC[C@@H](C)[C@]3(O)C[C@@H](OC(C)=O)C(C)=C[C@H]23)CC1. The summed E-state index contributed by atoms with van der Waals surface area (Å²) in [4.78, 5) is 16.6. The van der Waals surface area contributed by atoms with Crippen LogP contribution in [-0.4, -0.2) is 67.0 Å². The van der Waals surface area contributed by atoms with Crippen molar-refractivity contribution >= 4 is 11.7 Å². The van der Waals surface area contributed by atoms with Crippen LogP contribution in [0.5, 0.6) is 5.75 Å². The fourth-order valence-corrected chi connectivity index (χ4v) is 6.71. The van der Waals surface area contributed by atoms with Gasteiger partial charge in [-0.05, 0) is 62.1 Å². The van der Waals surface area contributed by atoms with Crippen molar-refractivity contribution in [3.63, 3.8) is 0 Å². The minimum absolute atomic E-state index is 0.118. The first kappa shape index (κ1) is 26.0. The third kappa shape index (κ3) is 5.54. The maximum atomic E-state index is 11.8. The number of hydrogen-bond acceptors (Lipinski definition) is 6. The van der Waals surface area contributed by atoms with E-state index in [4.69, 9.17) is 9.47 Å². The molecule has 1 saturated heterocycles. The highest BCUT2D eigenvalue weighted by atomic mass is 16.5. The number of anilines is 1. The molecule has 1 N–H and O–H groups in total. The molecule has 194 valence electrons. The molecule has 1 unspecified atom stereocenters. The van der Waals surface area contributed by atoms with Crippen LogP contribution in [0.1, 0.15) is 53.9 Å². The van der Waals surface area contributed by atoms with Gasteiger partial charge in [-0.1, -0.05) is 32.1 Å². The van der Waals surface area contributed by atoms with E-state index >= 15 is 0 Å². The number of aliphatic hydroxyl groups is 1. The molecular weight excluding hydrogens is 440 g/mol. The molecule has 0 bridgehead atoms. The molecule has 1 saturated carbocycles. The fraction of sp³-hybridized carbons (Fsp3) is 0.690. The molecule has 6 nitrogen and oxygen atoms in total. The highest BCUT2D eigenvalue weighted by Gasteiger charge is 2.52. The van der Waals surface area contributed by atoms with E-state index in [-0.39, 0.29) is 23.9 Å². The number of rotatable bonds is 7. The second kappa shape index (κ2) is 10.9. The first-order chi connectivity index (χ1) is 16.7. The van der Waals surface area contributed by atoms with Crippen LogP contribution in [0.3, 0.4) is 0 Å². The maximum Gasteiger partial charge on any atom is 0.303 e. The smallest absolute Gasteiger partial charge is 0.303 e. The molecule has 3 aliphatic rings. The number of carbonyl (C=O) groups excluding carboxylic acids is 1. The number of esters is 1. The van der Waals surface area contributed by atoms with Crippen molar-refractivity contribution in [2.45, 2.75) is 65.6 Å². The molecular formula is C29H44N2O4. The van der Waals surface area contributed by atoms with Crippen molar-refractivity contribution in [1.82, 2.24) is 4.90 Å². The van der Waals surface area contributed by atoms with E-state index in [1.807, 2.05) is 19.9 Å². The Morgan fingerprint density at radius 2 is 1.91 bits per heavy atom. The Bertz CT molecular complexity index is 910. The lowest BCUT2D eigenvalue weighted by Gasteiger charge is -2.53. The predicted octanol–water partition coefficient (Wildman–Crippen LogP) is 4.52. The summed E-state index contributed by atoms with van der Waals surface area (Å²) in [6.07, 6.45) is 4.60. The second-order valence-corrected chi connectivity index (χ2v) is 11.0. The van der Waals surface area contributed by atoms with Crippen molar-refractivity contribution in [2.24, 2.45) is 23.7 Å². The topological polar surface area (TPSA) is 62.2 Å². The summed E-state index contributed by atoms with van der Waals surface area (Å²) >= 11 is 0. The Morgan fingerprint density at radius 3 is 2.60 bits per heavy atom. The van der Waals surface area contributed by atoms with Gasteiger partial charge in [0.15, 0.2) is 0 Å². The van der Waals surface area contributed by atoms with Gasteiger partial charge in [0, 0.05) is 52.0 Å². The second-order valence-electron chi connectivity index (χ2n) is 11.0. The van der Waals surface area contributed by atoms with E-state index in [0.29, 0.717) is 24.9 Å². The third-order valence-electron chi connectivity index (χ3n) is 8.75. The minimum atomic E-state index is -0.807. The Balaban J connectivity index is 1.40. The van der Waals surface area contributed by atoms with Gasteiger partial charge in [-0.2, -0.15) is 0 Å². The standard InChI is InChI=1S/C29H44N2O4/c1-6-34-27-10-8-7-9-26(27)31-15-13-30(14-16-31)19-21(3)24-12-11-22(4)29(33)18-28(35-23(5)32)20(2)17-25(24)29/h7-10,17,21-22,24-25,28,33H,6,11-16,18-19H2,1-5H3/t21?,22-,24+,25-,28-,29-/m1/s1. The molecule has 2 fully saturated rings. The predicted molar refractivity (Wildman–Crippen MR) is 140 cm³/mol. The summed E-state index contributed by atoms with van der Waals surface area (Å²) in [6.45, 7) is 15.8. The van der Waals surface area contributed by atoms with Crippen LogP contribution < -0.4 is 9.64 Å². The van der Waals surface area contributed by atoms with Gasteiger partial charge in [-0.25, -0.2) is 0 Å². The van der Waals surface area contributed by atoms with Crippen LogP contribution in [0, 0.1) is 23.7 Å². The van der Waals surface area contributed by atoms with Crippen molar-refractivity contribution in [2.75, 3.05) is 44.2 Å². The van der Waals surface area contributed by atoms with Gasteiger partial charge >= 0.3 is 5.97 Å². The Labute approximate surface area is 211 Å². The van der Waals surface area contributed by atoms with Crippen molar-refractivity contribution in [1.29, 1.82) is 0 Å². The first-order valence-electron chi connectivity index (χ1n) is 13.5. The maximum absolute atomic E-state index is 11.8. The number of piperazine rings is 1. The summed E-state index contributed by atoms with van der Waals surface area (Å²) in [5.74, 6) is 1.93. The third-order valence-corrected chi connectivity index (χ3v) is 8.75. The average molecular weight is 485 g/mol. The van der Waals surface area contributed by atoms with Crippen LogP contribution in [0.15, 0.2) is 35.9 Å². The number of benzene rings is 1. The van der Waals surface area contributed by atoms with Crippen molar-refractivity contribution < 1.29 is 19.4 Å². The number of carbonyl (C=O) groups is 1. The number of fused-ring (bicyclic) bond motifs is 1. The van der Waals surface area contributed by atoms with Gasteiger partial charge in [0.05, 0.1) is 17.9 Å². The normalized spacial score (nSPS) is 32.4. The lowest BCUT2D eigenvalue weighted by Crippen LogP contribution is -2.56. The molecule has 1 heterocycles. The molecule has 6 atom stereocenters.